The number of hydrogen-bond acceptors (Lipinski definition) is 5. The molecule has 0 saturated carbocycles. The highest BCUT2D eigenvalue weighted by Gasteiger charge is 2.19. The van der Waals surface area contributed by atoms with Crippen molar-refractivity contribution in [2.45, 2.75) is 17.9 Å². The van der Waals surface area contributed by atoms with Crippen LogP contribution in [0.25, 0.3) is 0 Å². The number of aromatic nitrogens is 3. The van der Waals surface area contributed by atoms with Crippen LogP contribution in [0.5, 0.6) is 0 Å². The van der Waals surface area contributed by atoms with Gasteiger partial charge in [0.05, 0.1) is 0 Å². The molecule has 0 amide bonds. The van der Waals surface area contributed by atoms with E-state index in [4.69, 9.17) is 5.73 Å². The lowest BCUT2D eigenvalue weighted by Gasteiger charge is -2.08. The number of H-pyrrole nitrogens is 1. The normalized spacial score (nSPS) is 11.7. The molecule has 0 spiro atoms. The van der Waals surface area contributed by atoms with Crippen LogP contribution in [-0.2, 0) is 23.0 Å². The van der Waals surface area contributed by atoms with Crippen LogP contribution in [0.15, 0.2) is 29.4 Å². The van der Waals surface area contributed by atoms with Gasteiger partial charge in [-0.3, -0.25) is 5.10 Å². The molecule has 4 N–H and O–H groups in total. The largest absolute Gasteiger partial charge is 0.326 e. The Labute approximate surface area is 115 Å². The van der Waals surface area contributed by atoms with Crippen LogP contribution in [0.4, 0.5) is 4.39 Å². The maximum absolute atomic E-state index is 13.6. The van der Waals surface area contributed by atoms with Gasteiger partial charge in [0.2, 0.25) is 10.0 Å². The number of halogens is 1. The maximum atomic E-state index is 13.6. The van der Waals surface area contributed by atoms with E-state index in [0.29, 0.717) is 17.8 Å². The molecule has 9 heteroatoms. The predicted octanol–water partition coefficient (Wildman–Crippen LogP) is -0.0765. The molecule has 20 heavy (non-hydrogen) atoms. The molecule has 0 fully saturated rings. The van der Waals surface area contributed by atoms with Gasteiger partial charge in [0.15, 0.2) is 0 Å². The van der Waals surface area contributed by atoms with Crippen LogP contribution in [-0.4, -0.2) is 30.1 Å². The lowest BCUT2D eigenvalue weighted by molar-refractivity contribution is 0.556. The number of benzene rings is 1. The van der Waals surface area contributed by atoms with E-state index >= 15 is 0 Å². The Morgan fingerprint density at radius 2 is 2.20 bits per heavy atom. The Hall–Kier alpha value is -1.84. The van der Waals surface area contributed by atoms with Gasteiger partial charge in [-0.2, -0.15) is 5.10 Å². The summed E-state index contributed by atoms with van der Waals surface area (Å²) in [5.74, 6) is -0.266. The molecule has 0 radical (unpaired) electrons. The Balaban J connectivity index is 2.09. The van der Waals surface area contributed by atoms with Crippen LogP contribution in [0.1, 0.15) is 11.4 Å². The van der Waals surface area contributed by atoms with E-state index in [1.54, 1.807) is 0 Å². The lowest BCUT2D eigenvalue weighted by Crippen LogP contribution is -2.27. The molecule has 0 aliphatic heterocycles. The van der Waals surface area contributed by atoms with Gasteiger partial charge in [-0.05, 0) is 17.7 Å². The summed E-state index contributed by atoms with van der Waals surface area (Å²) < 4.78 is 39.9. The molecule has 0 bridgehead atoms. The Morgan fingerprint density at radius 1 is 1.40 bits per heavy atom. The summed E-state index contributed by atoms with van der Waals surface area (Å²) in [4.78, 5) is 3.46. The molecular weight excluding hydrogens is 285 g/mol. The third-order valence-corrected chi connectivity index (χ3v) is 4.12. The maximum Gasteiger partial charge on any atom is 0.243 e. The van der Waals surface area contributed by atoms with Crippen molar-refractivity contribution in [1.29, 1.82) is 0 Å². The molecule has 2 rings (SSSR count). The van der Waals surface area contributed by atoms with E-state index in [0.717, 1.165) is 6.07 Å². The van der Waals surface area contributed by atoms with Crippen LogP contribution in [0.3, 0.4) is 0 Å². The number of hydrogen-bond donors (Lipinski definition) is 3. The highest BCUT2D eigenvalue weighted by atomic mass is 32.2. The van der Waals surface area contributed by atoms with Gasteiger partial charge in [0.1, 0.15) is 22.9 Å². The van der Waals surface area contributed by atoms with E-state index in [-0.39, 0.29) is 13.1 Å². The topological polar surface area (TPSA) is 114 Å². The average molecular weight is 299 g/mol. The lowest BCUT2D eigenvalue weighted by atomic mass is 10.2. The Bertz CT molecular complexity index is 672. The molecule has 2 aromatic rings. The van der Waals surface area contributed by atoms with E-state index in [1.807, 2.05) is 0 Å². The van der Waals surface area contributed by atoms with Gasteiger partial charge < -0.3 is 5.73 Å². The molecule has 0 saturated heterocycles. The van der Waals surface area contributed by atoms with E-state index in [9.17, 15) is 12.8 Å². The first-order valence-electron chi connectivity index (χ1n) is 5.85. The fourth-order valence-corrected chi connectivity index (χ4v) is 2.77. The number of nitrogens with two attached hydrogens (primary N) is 1. The highest BCUT2D eigenvalue weighted by Crippen LogP contribution is 2.16. The third-order valence-electron chi connectivity index (χ3n) is 2.64. The summed E-state index contributed by atoms with van der Waals surface area (Å²) in [5.41, 5.74) is 5.96. The molecule has 108 valence electrons. The van der Waals surface area contributed by atoms with Crippen molar-refractivity contribution in [3.8, 4) is 0 Å². The first kappa shape index (κ1) is 14.6. The van der Waals surface area contributed by atoms with Gasteiger partial charge >= 0.3 is 0 Å². The van der Waals surface area contributed by atoms with Crippen molar-refractivity contribution in [1.82, 2.24) is 19.9 Å². The minimum Gasteiger partial charge on any atom is -0.326 e. The van der Waals surface area contributed by atoms with Crippen molar-refractivity contribution in [3.05, 3.63) is 41.7 Å². The molecule has 7 nitrogen and oxygen atoms in total. The molecular formula is C11H14FN5O2S. The van der Waals surface area contributed by atoms with E-state index < -0.39 is 20.7 Å². The first-order valence-corrected chi connectivity index (χ1v) is 7.33. The molecule has 0 unspecified atom stereocenters. The fourth-order valence-electron chi connectivity index (χ4n) is 1.61. The van der Waals surface area contributed by atoms with Crippen molar-refractivity contribution in [2.75, 3.05) is 6.54 Å². The molecule has 0 atom stereocenters. The monoisotopic (exact) mass is 299 g/mol. The average Bonchev–Trinajstić information content (AvgIpc) is 2.92. The van der Waals surface area contributed by atoms with Crippen molar-refractivity contribution < 1.29 is 12.8 Å². The van der Waals surface area contributed by atoms with Gasteiger partial charge in [0.25, 0.3) is 0 Å². The minimum absolute atomic E-state index is 0.0871. The third kappa shape index (κ3) is 3.38. The molecule has 1 aromatic carbocycles. The zero-order valence-electron chi connectivity index (χ0n) is 10.5. The summed E-state index contributed by atoms with van der Waals surface area (Å²) >= 11 is 0. The number of rotatable bonds is 6. The SMILES string of the molecule is NCc1ccc(F)c(S(=O)(=O)NCCc2ncn[nH]2)c1. The molecule has 1 aromatic heterocycles. The Kier molecular flexibility index (Phi) is 4.42. The van der Waals surface area contributed by atoms with Gasteiger partial charge in [-0.15, -0.1) is 0 Å². The zero-order valence-corrected chi connectivity index (χ0v) is 11.3. The summed E-state index contributed by atoms with van der Waals surface area (Å²) in [5, 5.41) is 6.25. The van der Waals surface area contributed by atoms with Crippen LogP contribution in [0, 0.1) is 5.82 Å². The molecule has 0 aliphatic carbocycles. The van der Waals surface area contributed by atoms with E-state index in [1.165, 1.54) is 18.5 Å². The minimum atomic E-state index is -3.92. The summed E-state index contributed by atoms with van der Waals surface area (Å²) in [6.07, 6.45) is 1.66. The standard InChI is InChI=1S/C11H14FN5O2S/c12-9-2-1-8(6-13)5-10(9)20(18,19)16-4-3-11-14-7-15-17-11/h1-2,5,7,16H,3-4,6,13H2,(H,14,15,17). The van der Waals surface area contributed by atoms with E-state index in [2.05, 4.69) is 19.9 Å². The summed E-state index contributed by atoms with van der Waals surface area (Å²) in [7, 11) is -3.92. The Morgan fingerprint density at radius 3 is 2.85 bits per heavy atom. The smallest absolute Gasteiger partial charge is 0.243 e. The van der Waals surface area contributed by atoms with Crippen LogP contribution >= 0.6 is 0 Å². The number of nitrogens with zero attached hydrogens (tertiary/aromatic N) is 2. The molecule has 0 aliphatic rings. The predicted molar refractivity (Wildman–Crippen MR) is 69.6 cm³/mol. The molecule has 1 heterocycles. The highest BCUT2D eigenvalue weighted by molar-refractivity contribution is 7.89. The van der Waals surface area contributed by atoms with Crippen molar-refractivity contribution in [3.63, 3.8) is 0 Å². The first-order chi connectivity index (χ1) is 9.53. The van der Waals surface area contributed by atoms with Gasteiger partial charge in [-0.1, -0.05) is 6.07 Å². The second kappa shape index (κ2) is 6.07. The van der Waals surface area contributed by atoms with Gasteiger partial charge in [-0.25, -0.2) is 22.5 Å². The summed E-state index contributed by atoms with van der Waals surface area (Å²) in [6.45, 7) is 0.227. The van der Waals surface area contributed by atoms with Crippen LogP contribution < -0.4 is 10.5 Å². The van der Waals surface area contributed by atoms with Gasteiger partial charge in [0, 0.05) is 19.5 Å². The number of sulfonamides is 1. The number of aromatic amines is 1. The van der Waals surface area contributed by atoms with Crippen molar-refractivity contribution >= 4 is 10.0 Å². The van der Waals surface area contributed by atoms with Crippen LogP contribution in [0.2, 0.25) is 0 Å². The number of nitrogens with one attached hydrogen (secondary N) is 2. The second-order valence-electron chi connectivity index (χ2n) is 4.05. The second-order valence-corrected chi connectivity index (χ2v) is 5.78. The quantitative estimate of drug-likeness (QED) is 0.690. The summed E-state index contributed by atoms with van der Waals surface area (Å²) in [6, 6.07) is 3.77. The zero-order chi connectivity index (χ0) is 14.6. The van der Waals surface area contributed by atoms with Crippen molar-refractivity contribution in [2.24, 2.45) is 5.73 Å². The fraction of sp³-hybridized carbons (Fsp3) is 0.273.